The molecule has 1 saturated heterocycles. The van der Waals surface area contributed by atoms with Crippen LogP contribution in [-0.2, 0) is 4.79 Å². The number of likely N-dealkylation sites (tertiary alicyclic amines) is 1. The van der Waals surface area contributed by atoms with Crippen LogP contribution in [0.1, 0.15) is 41.9 Å². The van der Waals surface area contributed by atoms with Crippen LogP contribution >= 0.6 is 0 Å². The quantitative estimate of drug-likeness (QED) is 0.898. The number of carbonyl (C=O) groups excluding carboxylic acids is 2. The normalized spacial score (nSPS) is 22.1. The molecule has 9 heteroatoms. The number of aryl methyl sites for hydroxylation is 2. The van der Waals surface area contributed by atoms with E-state index < -0.39 is 24.2 Å². The predicted octanol–water partition coefficient (Wildman–Crippen LogP) is 1.96. The minimum absolute atomic E-state index is 0.155. The summed E-state index contributed by atoms with van der Waals surface area (Å²) in [6, 6.07) is -2.41. The lowest BCUT2D eigenvalue weighted by molar-refractivity contribution is -0.184. The molecule has 0 aliphatic carbocycles. The van der Waals surface area contributed by atoms with Crippen molar-refractivity contribution >= 4 is 11.8 Å². The van der Waals surface area contributed by atoms with Crippen LogP contribution < -0.4 is 5.32 Å². The maximum absolute atomic E-state index is 13.2. The topological polar surface area (TPSA) is 75.4 Å². The number of oxazole rings is 1. The van der Waals surface area contributed by atoms with E-state index in [0.717, 1.165) is 4.90 Å². The molecule has 1 N–H and O–H groups in total. The van der Waals surface area contributed by atoms with E-state index >= 15 is 0 Å². The lowest BCUT2D eigenvalue weighted by Gasteiger charge is -2.40. The van der Waals surface area contributed by atoms with Gasteiger partial charge in [-0.1, -0.05) is 0 Å². The van der Waals surface area contributed by atoms with Gasteiger partial charge in [0, 0.05) is 26.4 Å². The molecule has 23 heavy (non-hydrogen) atoms. The first-order chi connectivity index (χ1) is 10.6. The van der Waals surface area contributed by atoms with Gasteiger partial charge in [-0.15, -0.1) is 0 Å². The smallest absolute Gasteiger partial charge is 0.408 e. The minimum atomic E-state index is -4.54. The summed E-state index contributed by atoms with van der Waals surface area (Å²) in [5, 5.41) is 2.56. The molecule has 0 radical (unpaired) electrons. The Morgan fingerprint density at radius 3 is 2.43 bits per heavy atom. The fraction of sp³-hybridized carbons (Fsp3) is 0.643. The first-order valence-electron chi connectivity index (χ1n) is 7.18. The molecule has 1 aliphatic heterocycles. The zero-order valence-corrected chi connectivity index (χ0v) is 13.0. The van der Waals surface area contributed by atoms with Gasteiger partial charge in [-0.3, -0.25) is 9.59 Å². The van der Waals surface area contributed by atoms with Crippen molar-refractivity contribution in [2.24, 2.45) is 0 Å². The van der Waals surface area contributed by atoms with Crippen molar-refractivity contribution in [2.45, 2.75) is 51.9 Å². The molecule has 1 aliphatic rings. The van der Waals surface area contributed by atoms with Gasteiger partial charge in [0.15, 0.2) is 5.89 Å². The van der Waals surface area contributed by atoms with Crippen LogP contribution in [0.3, 0.4) is 0 Å². The average Bonchev–Trinajstić information content (AvgIpc) is 2.74. The summed E-state index contributed by atoms with van der Waals surface area (Å²) in [5.41, 5.74) is 0.245. The SMILES string of the molecule is CC(=O)N[C@@H]1CC[C@@H](C(F)(F)F)N(C(=O)c2oc(C)nc2C)C1. The number of rotatable bonds is 2. The largest absolute Gasteiger partial charge is 0.436 e. The van der Waals surface area contributed by atoms with Gasteiger partial charge in [-0.2, -0.15) is 13.2 Å². The Labute approximate surface area is 131 Å². The Hall–Kier alpha value is -2.06. The summed E-state index contributed by atoms with van der Waals surface area (Å²) in [6.07, 6.45) is -4.66. The number of carbonyl (C=O) groups is 2. The molecule has 2 atom stereocenters. The number of nitrogens with one attached hydrogen (secondary N) is 1. The van der Waals surface area contributed by atoms with Gasteiger partial charge in [0.25, 0.3) is 5.91 Å². The monoisotopic (exact) mass is 333 g/mol. The molecule has 0 saturated carbocycles. The van der Waals surface area contributed by atoms with Gasteiger partial charge < -0.3 is 14.6 Å². The van der Waals surface area contributed by atoms with Crippen LogP contribution in [0.4, 0.5) is 13.2 Å². The number of nitrogens with zero attached hydrogens (tertiary/aromatic N) is 2. The maximum Gasteiger partial charge on any atom is 0.408 e. The van der Waals surface area contributed by atoms with Gasteiger partial charge in [0.05, 0.1) is 5.69 Å². The Balaban J connectivity index is 2.29. The Morgan fingerprint density at radius 1 is 1.30 bits per heavy atom. The Morgan fingerprint density at radius 2 is 1.96 bits per heavy atom. The third kappa shape index (κ3) is 3.83. The summed E-state index contributed by atoms with van der Waals surface area (Å²) in [7, 11) is 0. The third-order valence-electron chi connectivity index (χ3n) is 3.73. The Kier molecular flexibility index (Phi) is 4.67. The predicted molar refractivity (Wildman–Crippen MR) is 73.7 cm³/mol. The molecule has 0 spiro atoms. The van der Waals surface area contributed by atoms with Crippen LogP contribution in [-0.4, -0.2) is 46.5 Å². The lowest BCUT2D eigenvalue weighted by Crippen LogP contribution is -2.58. The van der Waals surface area contributed by atoms with Crippen LogP contribution in [0.15, 0.2) is 4.42 Å². The van der Waals surface area contributed by atoms with Crippen molar-refractivity contribution in [1.29, 1.82) is 0 Å². The first kappa shape index (κ1) is 17.3. The van der Waals surface area contributed by atoms with Gasteiger partial charge >= 0.3 is 6.18 Å². The van der Waals surface area contributed by atoms with E-state index in [9.17, 15) is 22.8 Å². The van der Waals surface area contributed by atoms with Crippen LogP contribution in [0.2, 0.25) is 0 Å². The number of halogens is 3. The zero-order valence-electron chi connectivity index (χ0n) is 13.0. The third-order valence-corrected chi connectivity index (χ3v) is 3.73. The van der Waals surface area contributed by atoms with E-state index in [0.29, 0.717) is 0 Å². The number of hydrogen-bond donors (Lipinski definition) is 1. The number of alkyl halides is 3. The van der Waals surface area contributed by atoms with Gasteiger partial charge in [-0.25, -0.2) is 4.98 Å². The number of aromatic nitrogens is 1. The van der Waals surface area contributed by atoms with E-state index in [2.05, 4.69) is 10.3 Å². The Bertz CT molecular complexity index is 612. The highest BCUT2D eigenvalue weighted by atomic mass is 19.4. The molecule has 128 valence electrons. The zero-order chi connectivity index (χ0) is 17.4. The summed E-state index contributed by atoms with van der Waals surface area (Å²) >= 11 is 0. The standard InChI is InChI=1S/C14H18F3N3O3/c1-7-12(23-9(3)18-7)13(22)20-6-10(19-8(2)21)4-5-11(20)14(15,16)17/h10-11H,4-6H2,1-3H3,(H,19,21)/t10-,11+/m1/s1. The molecule has 2 amide bonds. The number of amides is 2. The van der Waals surface area contributed by atoms with Crippen molar-refractivity contribution < 1.29 is 27.2 Å². The van der Waals surface area contributed by atoms with Crippen LogP contribution in [0.25, 0.3) is 0 Å². The minimum Gasteiger partial charge on any atom is -0.436 e. The van der Waals surface area contributed by atoms with Crippen molar-refractivity contribution in [3.05, 3.63) is 17.3 Å². The number of piperidine rings is 1. The highest BCUT2D eigenvalue weighted by molar-refractivity contribution is 5.93. The fourth-order valence-corrected chi connectivity index (χ4v) is 2.80. The molecule has 0 bridgehead atoms. The highest BCUT2D eigenvalue weighted by Crippen LogP contribution is 2.33. The number of hydrogen-bond acceptors (Lipinski definition) is 4. The van der Waals surface area contributed by atoms with Crippen molar-refractivity contribution in [2.75, 3.05) is 6.54 Å². The molecule has 2 heterocycles. The molecular weight excluding hydrogens is 315 g/mol. The van der Waals surface area contributed by atoms with Crippen molar-refractivity contribution in [1.82, 2.24) is 15.2 Å². The molecule has 2 rings (SSSR count). The summed E-state index contributed by atoms with van der Waals surface area (Å²) in [6.45, 7) is 4.08. The van der Waals surface area contributed by atoms with Crippen LogP contribution in [0.5, 0.6) is 0 Å². The van der Waals surface area contributed by atoms with Gasteiger partial charge in [-0.05, 0) is 19.8 Å². The van der Waals surface area contributed by atoms with E-state index in [1.165, 1.54) is 20.8 Å². The van der Waals surface area contributed by atoms with E-state index in [1.807, 2.05) is 0 Å². The second kappa shape index (κ2) is 6.21. The molecule has 1 aromatic heterocycles. The first-order valence-corrected chi connectivity index (χ1v) is 7.18. The van der Waals surface area contributed by atoms with E-state index in [4.69, 9.17) is 4.42 Å². The molecule has 1 aromatic rings. The second-order valence-electron chi connectivity index (χ2n) is 5.64. The summed E-state index contributed by atoms with van der Waals surface area (Å²) in [5.74, 6) is -1.19. The lowest BCUT2D eigenvalue weighted by atomic mass is 9.97. The summed E-state index contributed by atoms with van der Waals surface area (Å²) in [4.78, 5) is 28.3. The highest BCUT2D eigenvalue weighted by Gasteiger charge is 2.49. The molecule has 0 unspecified atom stereocenters. The average molecular weight is 333 g/mol. The molecule has 6 nitrogen and oxygen atoms in total. The summed E-state index contributed by atoms with van der Waals surface area (Å²) < 4.78 is 44.9. The van der Waals surface area contributed by atoms with Gasteiger partial charge in [0.1, 0.15) is 6.04 Å². The second-order valence-corrected chi connectivity index (χ2v) is 5.64. The van der Waals surface area contributed by atoms with Crippen LogP contribution in [0, 0.1) is 13.8 Å². The van der Waals surface area contributed by atoms with Crippen molar-refractivity contribution in [3.8, 4) is 0 Å². The maximum atomic E-state index is 13.2. The fourth-order valence-electron chi connectivity index (χ4n) is 2.80. The molecular formula is C14H18F3N3O3. The van der Waals surface area contributed by atoms with Crippen molar-refractivity contribution in [3.63, 3.8) is 0 Å². The van der Waals surface area contributed by atoms with E-state index in [-0.39, 0.29) is 42.6 Å². The molecule has 0 aromatic carbocycles. The van der Waals surface area contributed by atoms with E-state index in [1.54, 1.807) is 0 Å². The van der Waals surface area contributed by atoms with Gasteiger partial charge in [0.2, 0.25) is 11.7 Å². The molecule has 1 fully saturated rings.